The molecule has 0 atom stereocenters. The van der Waals surface area contributed by atoms with E-state index in [2.05, 4.69) is 25.3 Å². The molecule has 136 valence electrons. The Hall–Kier alpha value is -3.35. The number of anilines is 2. The Bertz CT molecular complexity index is 895. The van der Waals surface area contributed by atoms with Crippen LogP contribution < -0.4 is 5.32 Å². The predicted octanol–water partition coefficient (Wildman–Crippen LogP) is 3.03. The molecule has 7 nitrogen and oxygen atoms in total. The van der Waals surface area contributed by atoms with E-state index in [0.29, 0.717) is 11.9 Å². The normalized spacial score (nSPS) is 14.7. The molecule has 0 spiro atoms. The summed E-state index contributed by atoms with van der Waals surface area (Å²) in [6, 6.07) is 11.4. The Morgan fingerprint density at radius 2 is 1.78 bits per heavy atom. The van der Waals surface area contributed by atoms with Crippen LogP contribution in [0.15, 0.2) is 61.3 Å². The molecule has 2 aromatic heterocycles. The molecular weight excluding hydrogens is 340 g/mol. The van der Waals surface area contributed by atoms with Gasteiger partial charge >= 0.3 is 0 Å². The quantitative estimate of drug-likeness (QED) is 0.770. The first-order chi connectivity index (χ1) is 13.3. The Morgan fingerprint density at radius 1 is 1.04 bits per heavy atom. The van der Waals surface area contributed by atoms with Crippen LogP contribution >= 0.6 is 0 Å². The van der Waals surface area contributed by atoms with Crippen molar-refractivity contribution in [1.82, 2.24) is 24.8 Å². The number of benzene rings is 1. The summed E-state index contributed by atoms with van der Waals surface area (Å²) in [5, 5.41) is 3.12. The van der Waals surface area contributed by atoms with Gasteiger partial charge in [0.05, 0.1) is 18.1 Å². The second-order valence-corrected chi connectivity index (χ2v) is 6.49. The minimum Gasteiger partial charge on any atom is -0.339 e. The monoisotopic (exact) mass is 360 g/mol. The lowest BCUT2D eigenvalue weighted by atomic mass is 9.93. The molecule has 0 aliphatic carbocycles. The molecule has 3 heterocycles. The zero-order chi connectivity index (χ0) is 18.5. The number of nitrogens with zero attached hydrogens (tertiary/aromatic N) is 5. The average Bonchev–Trinajstić information content (AvgIpc) is 2.75. The molecule has 0 unspecified atom stereocenters. The van der Waals surface area contributed by atoms with Gasteiger partial charge in [-0.15, -0.1) is 0 Å². The number of piperidine rings is 1. The van der Waals surface area contributed by atoms with Gasteiger partial charge in [-0.2, -0.15) is 0 Å². The lowest BCUT2D eigenvalue weighted by molar-refractivity contribution is 0.0712. The van der Waals surface area contributed by atoms with E-state index < -0.39 is 0 Å². The predicted molar refractivity (Wildman–Crippen MR) is 102 cm³/mol. The minimum atomic E-state index is 0.100. The van der Waals surface area contributed by atoms with Crippen molar-refractivity contribution in [1.29, 1.82) is 0 Å². The highest BCUT2D eigenvalue weighted by Gasteiger charge is 2.25. The van der Waals surface area contributed by atoms with Crippen molar-refractivity contribution in [3.63, 3.8) is 0 Å². The van der Waals surface area contributed by atoms with Gasteiger partial charge in [-0.1, -0.05) is 18.2 Å². The third kappa shape index (κ3) is 4.08. The van der Waals surface area contributed by atoms with E-state index in [1.54, 1.807) is 18.6 Å². The van der Waals surface area contributed by atoms with Crippen molar-refractivity contribution in [2.45, 2.75) is 18.8 Å². The van der Waals surface area contributed by atoms with Gasteiger partial charge in [-0.05, 0) is 31.0 Å². The molecule has 27 heavy (non-hydrogen) atoms. The van der Waals surface area contributed by atoms with Crippen LogP contribution in [0.5, 0.6) is 0 Å². The fraction of sp³-hybridized carbons (Fsp3) is 0.250. The van der Waals surface area contributed by atoms with Crippen LogP contribution in [-0.4, -0.2) is 43.8 Å². The van der Waals surface area contributed by atoms with E-state index in [4.69, 9.17) is 0 Å². The van der Waals surface area contributed by atoms with Crippen molar-refractivity contribution in [2.75, 3.05) is 18.4 Å². The summed E-state index contributed by atoms with van der Waals surface area (Å²) in [7, 11) is 0. The Labute approximate surface area is 157 Å². The summed E-state index contributed by atoms with van der Waals surface area (Å²) < 4.78 is 0. The summed E-state index contributed by atoms with van der Waals surface area (Å²) >= 11 is 0. The van der Waals surface area contributed by atoms with Gasteiger partial charge in [0.2, 0.25) is 5.95 Å². The third-order valence-electron chi connectivity index (χ3n) is 4.72. The van der Waals surface area contributed by atoms with Crippen molar-refractivity contribution in [3.05, 3.63) is 72.6 Å². The number of amides is 1. The largest absolute Gasteiger partial charge is 0.339 e. The molecule has 0 bridgehead atoms. The van der Waals surface area contributed by atoms with Gasteiger partial charge in [0, 0.05) is 36.5 Å². The Morgan fingerprint density at radius 3 is 2.52 bits per heavy atom. The van der Waals surface area contributed by atoms with E-state index >= 15 is 0 Å². The molecule has 1 aliphatic heterocycles. The maximum atomic E-state index is 12.6. The van der Waals surface area contributed by atoms with Gasteiger partial charge in [0.1, 0.15) is 6.33 Å². The molecule has 7 heteroatoms. The summed E-state index contributed by atoms with van der Waals surface area (Å²) in [6.07, 6.45) is 8.38. The molecule has 1 N–H and O–H groups in total. The first-order valence-electron chi connectivity index (χ1n) is 8.99. The average molecular weight is 360 g/mol. The van der Waals surface area contributed by atoms with Crippen LogP contribution in [0.1, 0.15) is 34.8 Å². The Kier molecular flexibility index (Phi) is 5.00. The number of hydrogen-bond donors (Lipinski definition) is 1. The van der Waals surface area contributed by atoms with E-state index in [1.807, 2.05) is 41.3 Å². The van der Waals surface area contributed by atoms with Gasteiger partial charge in [-0.3, -0.25) is 4.79 Å². The SMILES string of the molecule is O=C(c1ccccc1)N1CCC(c2ccnc(Nc3cncnc3)n2)CC1. The van der Waals surface area contributed by atoms with Crippen molar-refractivity contribution < 1.29 is 4.79 Å². The molecule has 4 rings (SSSR count). The first kappa shape index (κ1) is 17.1. The maximum Gasteiger partial charge on any atom is 0.253 e. The molecule has 0 saturated carbocycles. The minimum absolute atomic E-state index is 0.100. The van der Waals surface area contributed by atoms with Crippen LogP contribution in [0, 0.1) is 0 Å². The van der Waals surface area contributed by atoms with Gasteiger partial charge in [-0.25, -0.2) is 19.9 Å². The summed E-state index contributed by atoms with van der Waals surface area (Å²) in [4.78, 5) is 31.4. The zero-order valence-corrected chi connectivity index (χ0v) is 14.8. The lowest BCUT2D eigenvalue weighted by Gasteiger charge is -2.31. The molecule has 1 fully saturated rings. The van der Waals surface area contributed by atoms with E-state index in [-0.39, 0.29) is 5.91 Å². The second-order valence-electron chi connectivity index (χ2n) is 6.49. The van der Waals surface area contributed by atoms with Crippen molar-refractivity contribution >= 4 is 17.5 Å². The molecule has 1 amide bonds. The second kappa shape index (κ2) is 7.90. The summed E-state index contributed by atoms with van der Waals surface area (Å²) in [5.41, 5.74) is 2.49. The molecule has 3 aromatic rings. The van der Waals surface area contributed by atoms with Crippen molar-refractivity contribution in [3.8, 4) is 0 Å². The number of likely N-dealkylation sites (tertiary alicyclic amines) is 1. The molecule has 0 radical (unpaired) electrons. The van der Waals surface area contributed by atoms with E-state index in [1.165, 1.54) is 6.33 Å². The van der Waals surface area contributed by atoms with E-state index in [0.717, 1.165) is 42.9 Å². The maximum absolute atomic E-state index is 12.6. The molecule has 1 aromatic carbocycles. The summed E-state index contributed by atoms with van der Waals surface area (Å²) in [5.74, 6) is 0.952. The van der Waals surface area contributed by atoms with E-state index in [9.17, 15) is 4.79 Å². The number of carbonyl (C=O) groups excluding carboxylic acids is 1. The van der Waals surface area contributed by atoms with Crippen LogP contribution in [-0.2, 0) is 0 Å². The fourth-order valence-electron chi connectivity index (χ4n) is 3.29. The van der Waals surface area contributed by atoms with Crippen LogP contribution in [0.4, 0.5) is 11.6 Å². The van der Waals surface area contributed by atoms with Crippen LogP contribution in [0.25, 0.3) is 0 Å². The third-order valence-corrected chi connectivity index (χ3v) is 4.72. The number of hydrogen-bond acceptors (Lipinski definition) is 6. The lowest BCUT2D eigenvalue weighted by Crippen LogP contribution is -2.38. The number of aromatic nitrogens is 4. The topological polar surface area (TPSA) is 83.9 Å². The summed E-state index contributed by atoms with van der Waals surface area (Å²) in [6.45, 7) is 1.47. The molecule has 1 aliphatic rings. The highest BCUT2D eigenvalue weighted by atomic mass is 16.2. The standard InChI is InChI=1S/C20H20N6O/c27-19(16-4-2-1-3-5-16)26-10-7-15(8-11-26)18-6-9-23-20(25-18)24-17-12-21-14-22-13-17/h1-6,9,12-15H,7-8,10-11H2,(H,23,24,25). The highest BCUT2D eigenvalue weighted by Crippen LogP contribution is 2.28. The molecule has 1 saturated heterocycles. The zero-order valence-electron chi connectivity index (χ0n) is 14.8. The molecular formula is C20H20N6O. The van der Waals surface area contributed by atoms with Crippen molar-refractivity contribution in [2.24, 2.45) is 0 Å². The number of nitrogens with one attached hydrogen (secondary N) is 1. The van der Waals surface area contributed by atoms with Crippen LogP contribution in [0.2, 0.25) is 0 Å². The number of rotatable bonds is 4. The fourth-order valence-corrected chi connectivity index (χ4v) is 3.29. The van der Waals surface area contributed by atoms with Gasteiger partial charge in [0.15, 0.2) is 0 Å². The Balaban J connectivity index is 1.40. The van der Waals surface area contributed by atoms with Crippen LogP contribution in [0.3, 0.4) is 0 Å². The van der Waals surface area contributed by atoms with Gasteiger partial charge < -0.3 is 10.2 Å². The number of carbonyl (C=O) groups is 1. The highest BCUT2D eigenvalue weighted by molar-refractivity contribution is 5.94. The first-order valence-corrected chi connectivity index (χ1v) is 8.99. The van der Waals surface area contributed by atoms with Gasteiger partial charge in [0.25, 0.3) is 5.91 Å². The smallest absolute Gasteiger partial charge is 0.253 e.